The zero-order chi connectivity index (χ0) is 12.4. The standard InChI is InChI=1S/C11H18N4S/c1-5-9(3)7-12-14-11(16)15-13-8-10(4)6-2/h5-8H,1-4H3,(H2,14,15,16)/b9-5-,10-6+,12-7+,13-8+. The summed E-state index contributed by atoms with van der Waals surface area (Å²) < 4.78 is 0. The third-order valence-corrected chi connectivity index (χ3v) is 1.96. The van der Waals surface area contributed by atoms with Gasteiger partial charge in [-0.15, -0.1) is 0 Å². The largest absolute Gasteiger partial charge is 0.252 e. The first kappa shape index (κ1) is 14.5. The second kappa shape index (κ2) is 8.79. The quantitative estimate of drug-likeness (QED) is 0.449. The predicted octanol–water partition coefficient (Wildman–Crippen LogP) is 2.35. The van der Waals surface area contributed by atoms with Crippen molar-refractivity contribution in [1.82, 2.24) is 10.9 Å². The average molecular weight is 238 g/mol. The Morgan fingerprint density at radius 2 is 1.31 bits per heavy atom. The van der Waals surface area contributed by atoms with Gasteiger partial charge >= 0.3 is 0 Å². The predicted molar refractivity (Wildman–Crippen MR) is 74.7 cm³/mol. The van der Waals surface area contributed by atoms with Gasteiger partial charge < -0.3 is 0 Å². The van der Waals surface area contributed by atoms with E-state index in [2.05, 4.69) is 21.1 Å². The van der Waals surface area contributed by atoms with Crippen molar-refractivity contribution in [3.8, 4) is 0 Å². The van der Waals surface area contributed by atoms with Crippen molar-refractivity contribution in [2.75, 3.05) is 0 Å². The van der Waals surface area contributed by atoms with Gasteiger partial charge in [-0.2, -0.15) is 10.2 Å². The maximum absolute atomic E-state index is 4.94. The highest BCUT2D eigenvalue weighted by molar-refractivity contribution is 7.80. The summed E-state index contributed by atoms with van der Waals surface area (Å²) in [5.74, 6) is 0. The first-order valence-electron chi connectivity index (χ1n) is 4.98. The smallest absolute Gasteiger partial charge is 0.207 e. The van der Waals surface area contributed by atoms with Crippen LogP contribution in [0.4, 0.5) is 0 Å². The molecular formula is C11H18N4S. The first-order chi connectivity index (χ1) is 7.60. The first-order valence-corrected chi connectivity index (χ1v) is 5.39. The number of allylic oxidation sites excluding steroid dienone is 4. The maximum Gasteiger partial charge on any atom is 0.207 e. The van der Waals surface area contributed by atoms with Crippen LogP contribution in [0.15, 0.2) is 33.5 Å². The van der Waals surface area contributed by atoms with Crippen LogP contribution in [0.25, 0.3) is 0 Å². The molecule has 0 heterocycles. The molecular weight excluding hydrogens is 220 g/mol. The van der Waals surface area contributed by atoms with Crippen molar-refractivity contribution in [1.29, 1.82) is 0 Å². The summed E-state index contributed by atoms with van der Waals surface area (Å²) in [7, 11) is 0. The number of hydrogen-bond acceptors (Lipinski definition) is 3. The van der Waals surface area contributed by atoms with Crippen molar-refractivity contribution in [3.05, 3.63) is 23.3 Å². The van der Waals surface area contributed by atoms with Crippen molar-refractivity contribution in [3.63, 3.8) is 0 Å². The molecule has 0 amide bonds. The van der Waals surface area contributed by atoms with Gasteiger partial charge in [-0.1, -0.05) is 12.2 Å². The van der Waals surface area contributed by atoms with Crippen LogP contribution in [-0.4, -0.2) is 17.5 Å². The Balaban J connectivity index is 3.93. The Hall–Kier alpha value is -1.49. The van der Waals surface area contributed by atoms with Gasteiger partial charge in [-0.3, -0.25) is 10.9 Å². The summed E-state index contributed by atoms with van der Waals surface area (Å²) in [6.07, 6.45) is 7.29. The van der Waals surface area contributed by atoms with Crippen LogP contribution < -0.4 is 10.9 Å². The lowest BCUT2D eigenvalue weighted by molar-refractivity contribution is 0.934. The highest BCUT2D eigenvalue weighted by atomic mass is 32.1. The minimum atomic E-state index is 0.361. The summed E-state index contributed by atoms with van der Waals surface area (Å²) in [6, 6.07) is 0. The lowest BCUT2D eigenvalue weighted by Crippen LogP contribution is -2.28. The monoisotopic (exact) mass is 238 g/mol. The third kappa shape index (κ3) is 7.87. The van der Waals surface area contributed by atoms with Gasteiger partial charge in [0.15, 0.2) is 0 Å². The molecule has 0 saturated carbocycles. The number of hydrogen-bond donors (Lipinski definition) is 2. The van der Waals surface area contributed by atoms with E-state index in [1.807, 2.05) is 39.8 Å². The van der Waals surface area contributed by atoms with Gasteiger partial charge in [-0.05, 0) is 51.1 Å². The molecule has 0 unspecified atom stereocenters. The summed E-state index contributed by atoms with van der Waals surface area (Å²) in [5, 5.41) is 8.21. The number of hydrazone groups is 2. The fourth-order valence-corrected chi connectivity index (χ4v) is 0.665. The normalized spacial score (nSPS) is 13.5. The summed E-state index contributed by atoms with van der Waals surface area (Å²) in [6.45, 7) is 7.80. The Labute approximate surface area is 102 Å². The molecule has 0 rings (SSSR count). The molecule has 0 atom stereocenters. The summed E-state index contributed by atoms with van der Waals surface area (Å²) in [5.41, 5.74) is 7.43. The van der Waals surface area contributed by atoms with Crippen LogP contribution in [0.3, 0.4) is 0 Å². The van der Waals surface area contributed by atoms with E-state index < -0.39 is 0 Å². The highest BCUT2D eigenvalue weighted by Gasteiger charge is 1.88. The van der Waals surface area contributed by atoms with Gasteiger partial charge in [-0.25, -0.2) is 0 Å². The van der Waals surface area contributed by atoms with E-state index in [-0.39, 0.29) is 0 Å². The van der Waals surface area contributed by atoms with Crippen molar-refractivity contribution >= 4 is 29.8 Å². The number of rotatable bonds is 4. The van der Waals surface area contributed by atoms with Crippen LogP contribution >= 0.6 is 12.2 Å². The van der Waals surface area contributed by atoms with E-state index in [1.54, 1.807) is 12.4 Å². The number of nitrogens with one attached hydrogen (secondary N) is 2. The van der Waals surface area contributed by atoms with Crippen LogP contribution in [0.5, 0.6) is 0 Å². The SMILES string of the molecule is C/C=C(C)\C=N\NC(=S)N/N=C/C(C)=C/C. The molecule has 0 saturated heterocycles. The molecule has 4 nitrogen and oxygen atoms in total. The molecule has 0 aliphatic carbocycles. The Morgan fingerprint density at radius 3 is 1.62 bits per heavy atom. The molecule has 0 aromatic rings. The summed E-state index contributed by atoms with van der Waals surface area (Å²) in [4.78, 5) is 0. The van der Waals surface area contributed by atoms with E-state index in [9.17, 15) is 0 Å². The molecule has 0 aromatic carbocycles. The van der Waals surface area contributed by atoms with E-state index in [0.29, 0.717) is 5.11 Å². The Kier molecular flexibility index (Phi) is 7.97. The van der Waals surface area contributed by atoms with Gasteiger partial charge in [0, 0.05) is 12.4 Å². The van der Waals surface area contributed by atoms with E-state index in [1.165, 1.54) is 0 Å². The van der Waals surface area contributed by atoms with Crippen LogP contribution in [0, 0.1) is 0 Å². The summed E-state index contributed by atoms with van der Waals surface area (Å²) >= 11 is 4.94. The maximum atomic E-state index is 4.94. The molecule has 0 aliphatic rings. The second-order valence-electron chi connectivity index (χ2n) is 3.13. The lowest BCUT2D eigenvalue weighted by atomic mass is 10.3. The van der Waals surface area contributed by atoms with Crippen LogP contribution in [0.2, 0.25) is 0 Å². The molecule has 88 valence electrons. The van der Waals surface area contributed by atoms with Gasteiger partial charge in [0.05, 0.1) is 0 Å². The molecule has 5 heteroatoms. The van der Waals surface area contributed by atoms with Crippen LogP contribution in [-0.2, 0) is 0 Å². The van der Waals surface area contributed by atoms with E-state index in [0.717, 1.165) is 11.1 Å². The second-order valence-corrected chi connectivity index (χ2v) is 3.54. The molecule has 0 aliphatic heterocycles. The molecule has 16 heavy (non-hydrogen) atoms. The molecule has 0 aromatic heterocycles. The zero-order valence-electron chi connectivity index (χ0n) is 10.1. The van der Waals surface area contributed by atoms with Crippen molar-refractivity contribution in [2.24, 2.45) is 10.2 Å². The molecule has 2 N–H and O–H groups in total. The van der Waals surface area contributed by atoms with Crippen LogP contribution in [0.1, 0.15) is 27.7 Å². The van der Waals surface area contributed by atoms with Gasteiger partial charge in [0.2, 0.25) is 5.11 Å². The average Bonchev–Trinajstić information content (AvgIpc) is 2.28. The topological polar surface area (TPSA) is 48.8 Å². The third-order valence-electron chi connectivity index (χ3n) is 1.78. The zero-order valence-corrected chi connectivity index (χ0v) is 10.9. The van der Waals surface area contributed by atoms with Crippen molar-refractivity contribution < 1.29 is 0 Å². The minimum absolute atomic E-state index is 0.361. The molecule has 0 radical (unpaired) electrons. The molecule has 0 bridgehead atoms. The fraction of sp³-hybridized carbons (Fsp3) is 0.364. The highest BCUT2D eigenvalue weighted by Crippen LogP contribution is 1.85. The lowest BCUT2D eigenvalue weighted by Gasteiger charge is -2.00. The minimum Gasteiger partial charge on any atom is -0.252 e. The Morgan fingerprint density at radius 1 is 0.938 bits per heavy atom. The number of thiocarbonyl (C=S) groups is 1. The molecule has 0 fully saturated rings. The van der Waals surface area contributed by atoms with Crippen molar-refractivity contribution in [2.45, 2.75) is 27.7 Å². The van der Waals surface area contributed by atoms with Gasteiger partial charge in [0.1, 0.15) is 0 Å². The Bertz CT molecular complexity index is 308. The van der Waals surface area contributed by atoms with Gasteiger partial charge in [0.25, 0.3) is 0 Å². The number of nitrogens with zero attached hydrogens (tertiary/aromatic N) is 2. The van der Waals surface area contributed by atoms with E-state index in [4.69, 9.17) is 12.2 Å². The van der Waals surface area contributed by atoms with E-state index >= 15 is 0 Å². The fourth-order valence-electron chi connectivity index (χ4n) is 0.560. The molecule has 0 spiro atoms.